The molecule has 3 N–H and O–H groups in total. The summed E-state index contributed by atoms with van der Waals surface area (Å²) < 4.78 is 26.5. The number of imidazole rings is 1. The van der Waals surface area contributed by atoms with Crippen LogP contribution in [0, 0.1) is 6.92 Å². The van der Waals surface area contributed by atoms with Crippen molar-refractivity contribution in [2.45, 2.75) is 38.1 Å². The highest BCUT2D eigenvalue weighted by molar-refractivity contribution is 7.92. The largest absolute Gasteiger partial charge is 0.332 e. The van der Waals surface area contributed by atoms with E-state index in [2.05, 4.69) is 24.9 Å². The van der Waals surface area contributed by atoms with Crippen LogP contribution in [0.2, 0.25) is 0 Å². The first-order chi connectivity index (χ1) is 8.68. The molecule has 104 valence electrons. The van der Waals surface area contributed by atoms with Crippen LogP contribution in [-0.4, -0.2) is 28.6 Å². The summed E-state index contributed by atoms with van der Waals surface area (Å²) in [4.78, 5) is 6.54. The number of nitrogens with zero attached hydrogens (tertiary/aromatic N) is 2. The molecule has 0 bridgehead atoms. The lowest BCUT2D eigenvalue weighted by molar-refractivity contribution is 0.567. The summed E-state index contributed by atoms with van der Waals surface area (Å²) in [5.74, 6) is 0.801. The second kappa shape index (κ2) is 4.37. The smallest absolute Gasteiger partial charge is 0.280 e. The summed E-state index contributed by atoms with van der Waals surface area (Å²) in [5, 5.41) is 6.79. The zero-order chi connectivity index (χ0) is 14.3. The van der Waals surface area contributed by atoms with Crippen LogP contribution in [0.15, 0.2) is 17.3 Å². The van der Waals surface area contributed by atoms with Crippen molar-refractivity contribution >= 4 is 15.8 Å². The monoisotopic (exact) mass is 283 g/mol. The van der Waals surface area contributed by atoms with Crippen molar-refractivity contribution in [1.82, 2.24) is 20.2 Å². The Morgan fingerprint density at radius 3 is 2.47 bits per heavy atom. The normalized spacial score (nSPS) is 12.6. The fraction of sp³-hybridized carbons (Fsp3) is 0.455. The van der Waals surface area contributed by atoms with Crippen LogP contribution >= 0.6 is 0 Å². The third kappa shape index (κ3) is 2.95. The van der Waals surface area contributed by atoms with Crippen molar-refractivity contribution in [2.75, 3.05) is 4.72 Å². The van der Waals surface area contributed by atoms with Crippen molar-refractivity contribution in [3.05, 3.63) is 23.8 Å². The number of aromatic nitrogens is 4. The molecule has 0 aliphatic carbocycles. The summed E-state index contributed by atoms with van der Waals surface area (Å²) in [6.45, 7) is 7.72. The predicted octanol–water partition coefficient (Wildman–Crippen LogP) is 1.54. The Morgan fingerprint density at radius 1 is 1.32 bits per heavy atom. The predicted molar refractivity (Wildman–Crippen MR) is 71.4 cm³/mol. The third-order valence-electron chi connectivity index (χ3n) is 2.59. The number of sulfonamides is 1. The highest BCUT2D eigenvalue weighted by atomic mass is 32.2. The van der Waals surface area contributed by atoms with Crippen LogP contribution in [-0.2, 0) is 15.4 Å². The standard InChI is InChI=1S/C11H17N5O2S/c1-7-12-6-10(13-7)19(17,18)16-9-5-8(14-15-9)11(2,3)4/h5-6H,1-4H3,(H,12,13)(H2,14,15,16). The minimum atomic E-state index is -3.68. The van der Waals surface area contributed by atoms with Gasteiger partial charge >= 0.3 is 0 Å². The van der Waals surface area contributed by atoms with Crippen molar-refractivity contribution in [1.29, 1.82) is 0 Å². The molecular formula is C11H17N5O2S. The van der Waals surface area contributed by atoms with Gasteiger partial charge in [-0.25, -0.2) is 4.98 Å². The van der Waals surface area contributed by atoms with Gasteiger partial charge in [0.2, 0.25) is 0 Å². The highest BCUT2D eigenvalue weighted by Crippen LogP contribution is 2.23. The van der Waals surface area contributed by atoms with Crippen molar-refractivity contribution in [3.8, 4) is 0 Å². The maximum absolute atomic E-state index is 12.0. The topological polar surface area (TPSA) is 104 Å². The first kappa shape index (κ1) is 13.6. The molecule has 19 heavy (non-hydrogen) atoms. The Morgan fingerprint density at radius 2 is 2.00 bits per heavy atom. The van der Waals surface area contributed by atoms with Crippen LogP contribution in [0.3, 0.4) is 0 Å². The molecular weight excluding hydrogens is 266 g/mol. The molecule has 0 saturated carbocycles. The number of hydrogen-bond donors (Lipinski definition) is 3. The number of hydrogen-bond acceptors (Lipinski definition) is 4. The number of aryl methyl sites for hydroxylation is 1. The van der Waals surface area contributed by atoms with E-state index in [4.69, 9.17) is 0 Å². The number of aromatic amines is 2. The van der Waals surface area contributed by atoms with Gasteiger partial charge in [-0.15, -0.1) is 0 Å². The molecule has 2 aromatic rings. The molecule has 0 unspecified atom stereocenters. The van der Waals surface area contributed by atoms with Gasteiger partial charge in [-0.2, -0.15) is 13.5 Å². The van der Waals surface area contributed by atoms with Gasteiger partial charge < -0.3 is 4.98 Å². The summed E-state index contributed by atoms with van der Waals surface area (Å²) in [5.41, 5.74) is 0.729. The fourth-order valence-corrected chi connectivity index (χ4v) is 2.45. The second-order valence-electron chi connectivity index (χ2n) is 5.36. The van der Waals surface area contributed by atoms with E-state index in [1.807, 2.05) is 20.8 Å². The summed E-state index contributed by atoms with van der Waals surface area (Å²) in [6.07, 6.45) is 1.27. The van der Waals surface area contributed by atoms with Gasteiger partial charge in [0.25, 0.3) is 10.0 Å². The second-order valence-corrected chi connectivity index (χ2v) is 7.01. The van der Waals surface area contributed by atoms with E-state index in [1.54, 1.807) is 13.0 Å². The average molecular weight is 283 g/mol. The summed E-state index contributed by atoms with van der Waals surface area (Å²) in [6, 6.07) is 1.68. The quantitative estimate of drug-likeness (QED) is 0.794. The van der Waals surface area contributed by atoms with Crippen LogP contribution in [0.1, 0.15) is 32.3 Å². The number of H-pyrrole nitrogens is 2. The molecule has 0 aromatic carbocycles. The highest BCUT2D eigenvalue weighted by Gasteiger charge is 2.21. The first-order valence-corrected chi connectivity index (χ1v) is 7.27. The maximum Gasteiger partial charge on any atom is 0.280 e. The van der Waals surface area contributed by atoms with Crippen LogP contribution < -0.4 is 4.72 Å². The molecule has 0 amide bonds. The molecule has 2 rings (SSSR count). The first-order valence-electron chi connectivity index (χ1n) is 5.79. The third-order valence-corrected chi connectivity index (χ3v) is 3.86. The molecule has 0 fully saturated rings. The van der Waals surface area contributed by atoms with E-state index in [9.17, 15) is 8.42 Å². The molecule has 2 aromatic heterocycles. The molecule has 0 saturated heterocycles. The van der Waals surface area contributed by atoms with E-state index < -0.39 is 10.0 Å². The van der Waals surface area contributed by atoms with Crippen LogP contribution in [0.4, 0.5) is 5.82 Å². The minimum Gasteiger partial charge on any atom is -0.332 e. The van der Waals surface area contributed by atoms with Gasteiger partial charge in [-0.1, -0.05) is 20.8 Å². The lowest BCUT2D eigenvalue weighted by Crippen LogP contribution is -2.14. The Kier molecular flexibility index (Phi) is 3.13. The van der Waals surface area contributed by atoms with E-state index in [1.165, 1.54) is 6.20 Å². The maximum atomic E-state index is 12.0. The molecule has 2 heterocycles. The molecule has 0 spiro atoms. The molecule has 0 aliphatic rings. The zero-order valence-electron chi connectivity index (χ0n) is 11.3. The van der Waals surface area contributed by atoms with Gasteiger partial charge in [0.15, 0.2) is 10.8 Å². The summed E-state index contributed by atoms with van der Waals surface area (Å²) >= 11 is 0. The minimum absolute atomic E-state index is 0.0188. The Labute approximate surface area is 111 Å². The molecule has 8 heteroatoms. The Balaban J connectivity index is 2.24. The average Bonchev–Trinajstić information content (AvgIpc) is 2.85. The Hall–Kier alpha value is -1.83. The number of nitrogens with one attached hydrogen (secondary N) is 3. The van der Waals surface area contributed by atoms with Gasteiger partial charge in [0.05, 0.1) is 6.20 Å². The van der Waals surface area contributed by atoms with E-state index in [0.717, 1.165) is 5.69 Å². The SMILES string of the molecule is Cc1ncc(S(=O)(=O)Nc2cc(C(C)(C)C)[nH]n2)[nH]1. The Bertz CT molecular complexity index is 678. The zero-order valence-corrected chi connectivity index (χ0v) is 12.1. The van der Waals surface area contributed by atoms with E-state index >= 15 is 0 Å². The van der Waals surface area contributed by atoms with E-state index in [-0.39, 0.29) is 16.3 Å². The molecule has 0 atom stereocenters. The van der Waals surface area contributed by atoms with Crippen molar-refractivity contribution in [2.24, 2.45) is 0 Å². The van der Waals surface area contributed by atoms with Gasteiger partial charge in [0.1, 0.15) is 5.82 Å². The molecule has 7 nitrogen and oxygen atoms in total. The van der Waals surface area contributed by atoms with Crippen molar-refractivity contribution in [3.63, 3.8) is 0 Å². The van der Waals surface area contributed by atoms with Crippen LogP contribution in [0.25, 0.3) is 0 Å². The lowest BCUT2D eigenvalue weighted by Gasteiger charge is -2.14. The number of anilines is 1. The lowest BCUT2D eigenvalue weighted by atomic mass is 9.92. The van der Waals surface area contributed by atoms with Crippen molar-refractivity contribution < 1.29 is 8.42 Å². The van der Waals surface area contributed by atoms with Crippen LogP contribution in [0.5, 0.6) is 0 Å². The summed E-state index contributed by atoms with van der Waals surface area (Å²) in [7, 11) is -3.68. The van der Waals surface area contributed by atoms with E-state index in [0.29, 0.717) is 5.82 Å². The number of rotatable bonds is 3. The molecule has 0 aliphatic heterocycles. The van der Waals surface area contributed by atoms with Gasteiger partial charge in [-0.3, -0.25) is 9.82 Å². The van der Waals surface area contributed by atoms with Gasteiger partial charge in [0, 0.05) is 17.2 Å². The fourth-order valence-electron chi connectivity index (χ4n) is 1.49. The van der Waals surface area contributed by atoms with Gasteiger partial charge in [-0.05, 0) is 6.92 Å². The molecule has 0 radical (unpaired) electrons.